The van der Waals surface area contributed by atoms with E-state index in [-0.39, 0.29) is 16.5 Å². The summed E-state index contributed by atoms with van der Waals surface area (Å²) in [5.41, 5.74) is 1.21. The first-order valence-electron chi connectivity index (χ1n) is 7.67. The Balaban J connectivity index is 2.13. The summed E-state index contributed by atoms with van der Waals surface area (Å²) in [4.78, 5) is 18.0. The van der Waals surface area contributed by atoms with Crippen molar-refractivity contribution in [1.29, 1.82) is 0 Å². The molecule has 1 aromatic carbocycles. The lowest BCUT2D eigenvalue weighted by molar-refractivity contribution is -0.117. The summed E-state index contributed by atoms with van der Waals surface area (Å²) in [7, 11) is -0.652. The lowest BCUT2D eigenvalue weighted by Crippen LogP contribution is -2.27. The first kappa shape index (κ1) is 19.4. The molecule has 1 aromatic heterocycles. The van der Waals surface area contributed by atoms with Gasteiger partial charge in [0.15, 0.2) is 9.34 Å². The van der Waals surface area contributed by atoms with Gasteiger partial charge in [0.05, 0.1) is 18.7 Å². The molecule has 1 heterocycles. The molecule has 0 radical (unpaired) electrons. The zero-order valence-electron chi connectivity index (χ0n) is 14.6. The predicted octanol–water partition coefficient (Wildman–Crippen LogP) is 1.96. The van der Waals surface area contributed by atoms with Gasteiger partial charge in [-0.25, -0.2) is 18.1 Å². The Kier molecular flexibility index (Phi) is 6.15. The maximum Gasteiger partial charge on any atom is 0.251 e. The van der Waals surface area contributed by atoms with Crippen LogP contribution in [0.3, 0.4) is 0 Å². The van der Waals surface area contributed by atoms with Crippen LogP contribution in [0.25, 0.3) is 0 Å². The number of aromatic nitrogens is 1. The maximum atomic E-state index is 12.5. The van der Waals surface area contributed by atoms with Crippen molar-refractivity contribution in [2.75, 3.05) is 25.6 Å². The average molecular weight is 383 g/mol. The standard InChI is InChI=1S/C16H21N3O4S2/c1-5-23-13-8-6-12(7-9-13)10-14(20)19(4)16-18-11(2)15(24-16)25(21,22)17-3/h6-9,17H,5,10H2,1-4H3. The van der Waals surface area contributed by atoms with Gasteiger partial charge in [0.25, 0.3) is 10.0 Å². The van der Waals surface area contributed by atoms with E-state index >= 15 is 0 Å². The Hall–Kier alpha value is -1.97. The van der Waals surface area contributed by atoms with Crippen LogP contribution in [0.2, 0.25) is 0 Å². The van der Waals surface area contributed by atoms with Crippen molar-refractivity contribution >= 4 is 32.4 Å². The van der Waals surface area contributed by atoms with Gasteiger partial charge in [0, 0.05) is 7.05 Å². The first-order valence-corrected chi connectivity index (χ1v) is 9.97. The lowest BCUT2D eigenvalue weighted by Gasteiger charge is -2.14. The van der Waals surface area contributed by atoms with Crippen LogP contribution in [-0.4, -0.2) is 40.0 Å². The highest BCUT2D eigenvalue weighted by Crippen LogP contribution is 2.29. The van der Waals surface area contributed by atoms with E-state index in [4.69, 9.17) is 4.74 Å². The van der Waals surface area contributed by atoms with E-state index in [9.17, 15) is 13.2 Å². The van der Waals surface area contributed by atoms with Crippen molar-refractivity contribution in [3.63, 3.8) is 0 Å². The van der Waals surface area contributed by atoms with E-state index in [1.165, 1.54) is 11.9 Å². The number of anilines is 1. The van der Waals surface area contributed by atoms with Crippen LogP contribution in [0, 0.1) is 6.92 Å². The Bertz CT molecular complexity index is 845. The van der Waals surface area contributed by atoms with Crippen LogP contribution in [0.1, 0.15) is 18.2 Å². The Morgan fingerprint density at radius 2 is 1.96 bits per heavy atom. The highest BCUT2D eigenvalue weighted by Gasteiger charge is 2.23. The smallest absolute Gasteiger partial charge is 0.251 e. The molecule has 0 atom stereocenters. The normalized spacial score (nSPS) is 11.4. The largest absolute Gasteiger partial charge is 0.494 e. The SMILES string of the molecule is CCOc1ccc(CC(=O)N(C)c2nc(C)c(S(=O)(=O)NC)s2)cc1. The molecule has 0 aliphatic rings. The molecule has 0 saturated carbocycles. The number of hydrogen-bond acceptors (Lipinski definition) is 6. The third-order valence-electron chi connectivity index (χ3n) is 3.51. The summed E-state index contributed by atoms with van der Waals surface area (Å²) >= 11 is 0.971. The van der Waals surface area contributed by atoms with Crippen LogP contribution < -0.4 is 14.4 Å². The fourth-order valence-corrected chi connectivity index (χ4v) is 4.44. The van der Waals surface area contributed by atoms with E-state index < -0.39 is 10.0 Å². The van der Waals surface area contributed by atoms with Gasteiger partial charge in [-0.3, -0.25) is 9.69 Å². The van der Waals surface area contributed by atoms with Crippen LogP contribution in [-0.2, 0) is 21.2 Å². The Morgan fingerprint density at radius 3 is 2.52 bits per heavy atom. The summed E-state index contributed by atoms with van der Waals surface area (Å²) in [5.74, 6) is 0.579. The summed E-state index contributed by atoms with van der Waals surface area (Å²) in [6, 6.07) is 7.30. The number of aryl methyl sites for hydroxylation is 1. The number of sulfonamides is 1. The third kappa shape index (κ3) is 4.56. The molecule has 0 bridgehead atoms. The van der Waals surface area contributed by atoms with Gasteiger partial charge in [-0.1, -0.05) is 23.5 Å². The van der Waals surface area contributed by atoms with E-state index in [0.29, 0.717) is 17.4 Å². The number of carbonyl (C=O) groups excluding carboxylic acids is 1. The molecule has 25 heavy (non-hydrogen) atoms. The number of likely N-dealkylation sites (N-methyl/N-ethyl adjacent to an activating group) is 1. The zero-order valence-corrected chi connectivity index (χ0v) is 16.2. The van der Waals surface area contributed by atoms with Crippen molar-refractivity contribution < 1.29 is 17.9 Å². The minimum absolute atomic E-state index is 0.116. The molecule has 0 aliphatic carbocycles. The number of hydrogen-bond donors (Lipinski definition) is 1. The molecular weight excluding hydrogens is 362 g/mol. The van der Waals surface area contributed by atoms with Gasteiger partial charge in [-0.2, -0.15) is 0 Å². The molecule has 136 valence electrons. The molecular formula is C16H21N3O4S2. The number of nitrogens with one attached hydrogen (secondary N) is 1. The van der Waals surface area contributed by atoms with Crippen molar-refractivity contribution in [2.45, 2.75) is 24.5 Å². The van der Waals surface area contributed by atoms with Gasteiger partial charge in [0.2, 0.25) is 5.91 Å². The van der Waals surface area contributed by atoms with E-state index in [1.54, 1.807) is 14.0 Å². The van der Waals surface area contributed by atoms with Gasteiger partial charge < -0.3 is 4.74 Å². The summed E-state index contributed by atoms with van der Waals surface area (Å²) < 4.78 is 31.6. The molecule has 7 nitrogen and oxygen atoms in total. The number of carbonyl (C=O) groups is 1. The minimum Gasteiger partial charge on any atom is -0.494 e. The third-order valence-corrected chi connectivity index (χ3v) is 6.76. The van der Waals surface area contributed by atoms with Crippen LogP contribution in [0.4, 0.5) is 5.13 Å². The predicted molar refractivity (Wildman–Crippen MR) is 97.8 cm³/mol. The minimum atomic E-state index is -3.58. The molecule has 9 heteroatoms. The number of thiazole rings is 1. The number of ether oxygens (including phenoxy) is 1. The fraction of sp³-hybridized carbons (Fsp3) is 0.375. The van der Waals surface area contributed by atoms with Crippen LogP contribution in [0.5, 0.6) is 5.75 Å². The van der Waals surface area contributed by atoms with Crippen molar-refractivity contribution in [3.05, 3.63) is 35.5 Å². The first-order chi connectivity index (χ1) is 11.8. The van der Waals surface area contributed by atoms with Crippen molar-refractivity contribution in [1.82, 2.24) is 9.71 Å². The lowest BCUT2D eigenvalue weighted by atomic mass is 10.1. The van der Waals surface area contributed by atoms with E-state index in [0.717, 1.165) is 22.6 Å². The van der Waals surface area contributed by atoms with Gasteiger partial charge in [-0.05, 0) is 38.6 Å². The fourth-order valence-electron chi connectivity index (χ4n) is 2.12. The Morgan fingerprint density at radius 1 is 1.32 bits per heavy atom. The van der Waals surface area contributed by atoms with Crippen molar-refractivity contribution in [2.24, 2.45) is 0 Å². The second kappa shape index (κ2) is 7.94. The molecule has 0 aliphatic heterocycles. The number of rotatable bonds is 7. The highest BCUT2D eigenvalue weighted by atomic mass is 32.2. The maximum absolute atomic E-state index is 12.5. The number of benzene rings is 1. The second-order valence-corrected chi connectivity index (χ2v) is 8.34. The molecule has 0 unspecified atom stereocenters. The molecule has 0 spiro atoms. The van der Waals surface area contributed by atoms with Crippen molar-refractivity contribution in [3.8, 4) is 5.75 Å². The van der Waals surface area contributed by atoms with Gasteiger partial charge in [0.1, 0.15) is 5.75 Å². The number of amides is 1. The second-order valence-electron chi connectivity index (χ2n) is 5.28. The Labute approximate surface area is 151 Å². The quantitative estimate of drug-likeness (QED) is 0.790. The van der Waals surface area contributed by atoms with E-state index in [1.807, 2.05) is 31.2 Å². The van der Waals surface area contributed by atoms with Crippen LogP contribution in [0.15, 0.2) is 28.5 Å². The molecule has 2 aromatic rings. The van der Waals surface area contributed by atoms with Gasteiger partial charge in [-0.15, -0.1) is 0 Å². The van der Waals surface area contributed by atoms with E-state index in [2.05, 4.69) is 9.71 Å². The molecule has 1 amide bonds. The molecule has 1 N–H and O–H groups in total. The zero-order chi connectivity index (χ0) is 18.6. The average Bonchev–Trinajstić information content (AvgIpc) is 2.98. The summed E-state index contributed by atoms with van der Waals surface area (Å²) in [6.07, 6.45) is 0.190. The number of nitrogens with zero attached hydrogens (tertiary/aromatic N) is 2. The topological polar surface area (TPSA) is 88.6 Å². The molecule has 2 rings (SSSR count). The molecule has 0 saturated heterocycles. The summed E-state index contributed by atoms with van der Waals surface area (Å²) in [5, 5.41) is 0.349. The highest BCUT2D eigenvalue weighted by molar-refractivity contribution is 7.91. The molecule has 0 fully saturated rings. The summed E-state index contributed by atoms with van der Waals surface area (Å²) in [6.45, 7) is 4.10. The van der Waals surface area contributed by atoms with Gasteiger partial charge >= 0.3 is 0 Å². The monoisotopic (exact) mass is 383 g/mol. The van der Waals surface area contributed by atoms with Crippen LogP contribution >= 0.6 is 11.3 Å².